The fraction of sp³-hybridized carbons (Fsp3) is 0.211. The van der Waals surface area contributed by atoms with Crippen molar-refractivity contribution < 1.29 is 29.3 Å². The Hall–Kier alpha value is -3.55. The molecule has 0 bridgehead atoms. The molecule has 0 spiro atoms. The Morgan fingerprint density at radius 1 is 1.22 bits per heavy atom. The monoisotopic (exact) mass is 370 g/mol. The number of hydrogen-bond acceptors (Lipinski definition) is 6. The number of carbonyl (C=O) groups is 3. The minimum atomic E-state index is -1.35. The summed E-state index contributed by atoms with van der Waals surface area (Å²) in [6, 6.07) is 9.81. The van der Waals surface area contributed by atoms with Crippen LogP contribution < -0.4 is 15.0 Å². The van der Waals surface area contributed by atoms with E-state index in [1.165, 1.54) is 6.07 Å². The van der Waals surface area contributed by atoms with Crippen molar-refractivity contribution in [1.29, 1.82) is 0 Å². The lowest BCUT2D eigenvalue weighted by Crippen LogP contribution is -2.34. The molecule has 0 saturated carbocycles. The summed E-state index contributed by atoms with van der Waals surface area (Å²) in [5, 5.41) is 21.7. The first-order valence-electron chi connectivity index (χ1n) is 8.33. The van der Waals surface area contributed by atoms with Gasteiger partial charge in [0, 0.05) is 5.69 Å². The third-order valence-electron chi connectivity index (χ3n) is 4.12. The molecule has 3 rings (SSSR count). The molecule has 2 amide bonds. The quantitative estimate of drug-likeness (QED) is 0.668. The molecule has 0 aliphatic carbocycles. The van der Waals surface area contributed by atoms with E-state index in [4.69, 9.17) is 9.84 Å². The third kappa shape index (κ3) is 3.69. The molecule has 1 unspecified atom stereocenters. The van der Waals surface area contributed by atoms with Gasteiger partial charge in [0.2, 0.25) is 5.91 Å². The maximum absolute atomic E-state index is 12.7. The highest BCUT2D eigenvalue weighted by molar-refractivity contribution is 6.23. The number of carboxylic acid groups (broad SMARTS) is 1. The van der Waals surface area contributed by atoms with Gasteiger partial charge >= 0.3 is 5.97 Å². The lowest BCUT2D eigenvalue weighted by molar-refractivity contribution is -0.121. The average molecular weight is 370 g/mol. The maximum atomic E-state index is 12.7. The number of amides is 2. The molecule has 8 nitrogen and oxygen atoms in total. The van der Waals surface area contributed by atoms with Crippen molar-refractivity contribution in [3.05, 3.63) is 48.0 Å². The van der Waals surface area contributed by atoms with E-state index in [0.29, 0.717) is 18.0 Å². The van der Waals surface area contributed by atoms with Gasteiger partial charge in [0.25, 0.3) is 5.91 Å². The SMILES string of the molecule is CCOc1ccc(NC2CC(=O)N(c3ccc(O)c(C(=O)O)c3)C2=O)cc1. The Labute approximate surface area is 155 Å². The average Bonchev–Trinajstić information content (AvgIpc) is 2.91. The third-order valence-corrected chi connectivity index (χ3v) is 4.12. The van der Waals surface area contributed by atoms with E-state index in [1.54, 1.807) is 24.3 Å². The van der Waals surface area contributed by atoms with E-state index in [-0.39, 0.29) is 17.7 Å². The number of ether oxygens (including phenoxy) is 1. The molecule has 3 N–H and O–H groups in total. The van der Waals surface area contributed by atoms with Crippen molar-refractivity contribution in [3.63, 3.8) is 0 Å². The van der Waals surface area contributed by atoms with Crippen LogP contribution in [0.2, 0.25) is 0 Å². The molecule has 0 aromatic heterocycles. The smallest absolute Gasteiger partial charge is 0.339 e. The summed E-state index contributed by atoms with van der Waals surface area (Å²) in [5.41, 5.74) is 0.385. The summed E-state index contributed by atoms with van der Waals surface area (Å²) in [7, 11) is 0. The van der Waals surface area contributed by atoms with Crippen LogP contribution in [0, 0.1) is 0 Å². The van der Waals surface area contributed by atoms with Crippen molar-refractivity contribution in [2.75, 3.05) is 16.8 Å². The van der Waals surface area contributed by atoms with Crippen LogP contribution in [0.15, 0.2) is 42.5 Å². The topological polar surface area (TPSA) is 116 Å². The molecule has 1 aliphatic rings. The molecular weight excluding hydrogens is 352 g/mol. The minimum Gasteiger partial charge on any atom is -0.507 e. The van der Waals surface area contributed by atoms with Gasteiger partial charge < -0.3 is 20.3 Å². The number of rotatable bonds is 6. The Balaban J connectivity index is 1.79. The zero-order chi connectivity index (χ0) is 19.6. The molecule has 1 fully saturated rings. The van der Waals surface area contributed by atoms with Crippen LogP contribution in [-0.2, 0) is 9.59 Å². The second-order valence-corrected chi connectivity index (χ2v) is 5.93. The Morgan fingerprint density at radius 3 is 2.56 bits per heavy atom. The summed E-state index contributed by atoms with van der Waals surface area (Å²) < 4.78 is 5.36. The first-order valence-corrected chi connectivity index (χ1v) is 8.33. The highest BCUT2D eigenvalue weighted by Gasteiger charge is 2.40. The lowest BCUT2D eigenvalue weighted by atomic mass is 10.1. The highest BCUT2D eigenvalue weighted by Crippen LogP contribution is 2.29. The standard InChI is InChI=1S/C19H18N2O6/c1-2-27-13-6-3-11(4-7-13)20-15-10-17(23)21(18(15)24)12-5-8-16(22)14(9-12)19(25)26/h3-9,15,20,22H,2,10H2,1H3,(H,25,26). The Kier molecular flexibility index (Phi) is 4.98. The molecule has 27 heavy (non-hydrogen) atoms. The van der Waals surface area contributed by atoms with Gasteiger partial charge in [-0.3, -0.25) is 9.59 Å². The molecule has 0 radical (unpaired) electrons. The number of anilines is 2. The first kappa shape index (κ1) is 18.2. The van der Waals surface area contributed by atoms with Crippen LogP contribution in [0.1, 0.15) is 23.7 Å². The van der Waals surface area contributed by atoms with Crippen molar-refractivity contribution in [2.45, 2.75) is 19.4 Å². The van der Waals surface area contributed by atoms with Crippen LogP contribution in [0.4, 0.5) is 11.4 Å². The molecule has 2 aromatic carbocycles. The largest absolute Gasteiger partial charge is 0.507 e. The number of nitrogens with zero attached hydrogens (tertiary/aromatic N) is 1. The summed E-state index contributed by atoms with van der Waals surface area (Å²) in [6.07, 6.45) is -0.0602. The summed E-state index contributed by atoms with van der Waals surface area (Å²) in [5.74, 6) is -2.03. The van der Waals surface area contributed by atoms with Crippen LogP contribution >= 0.6 is 0 Å². The molecule has 140 valence electrons. The second kappa shape index (κ2) is 7.36. The van der Waals surface area contributed by atoms with Gasteiger partial charge in [0.15, 0.2) is 0 Å². The van der Waals surface area contributed by atoms with Crippen molar-refractivity contribution in [3.8, 4) is 11.5 Å². The molecule has 8 heteroatoms. The van der Waals surface area contributed by atoms with E-state index >= 15 is 0 Å². The number of aromatic hydroxyl groups is 1. The van der Waals surface area contributed by atoms with Crippen molar-refractivity contribution in [1.82, 2.24) is 0 Å². The van der Waals surface area contributed by atoms with Crippen molar-refractivity contribution in [2.24, 2.45) is 0 Å². The molecule has 1 aliphatic heterocycles. The summed E-state index contributed by atoms with van der Waals surface area (Å²) in [4.78, 5) is 37.1. The van der Waals surface area contributed by atoms with Gasteiger partial charge in [-0.1, -0.05) is 0 Å². The van der Waals surface area contributed by atoms with Crippen LogP contribution in [0.3, 0.4) is 0 Å². The summed E-state index contributed by atoms with van der Waals surface area (Å²) >= 11 is 0. The fourth-order valence-electron chi connectivity index (χ4n) is 2.87. The van der Waals surface area contributed by atoms with Crippen molar-refractivity contribution >= 4 is 29.2 Å². The molecular formula is C19H18N2O6. The predicted molar refractivity (Wildman–Crippen MR) is 97.2 cm³/mol. The molecule has 2 aromatic rings. The number of aromatic carboxylic acids is 1. The van der Waals surface area contributed by atoms with E-state index in [1.807, 2.05) is 6.92 Å². The summed E-state index contributed by atoms with van der Waals surface area (Å²) in [6.45, 7) is 2.42. The van der Waals surface area contributed by atoms with E-state index < -0.39 is 29.6 Å². The Bertz CT molecular complexity index is 894. The zero-order valence-corrected chi connectivity index (χ0v) is 14.5. The normalized spacial score (nSPS) is 16.5. The number of imide groups is 1. The van der Waals surface area contributed by atoms with E-state index in [9.17, 15) is 19.5 Å². The number of phenols is 1. The number of benzene rings is 2. The van der Waals surface area contributed by atoms with E-state index in [0.717, 1.165) is 17.0 Å². The molecule has 1 saturated heterocycles. The number of carbonyl (C=O) groups excluding carboxylic acids is 2. The maximum Gasteiger partial charge on any atom is 0.339 e. The predicted octanol–water partition coefficient (Wildman–Crippen LogP) is 2.23. The van der Waals surface area contributed by atoms with Gasteiger partial charge in [-0.05, 0) is 49.4 Å². The van der Waals surface area contributed by atoms with Gasteiger partial charge in [-0.25, -0.2) is 9.69 Å². The lowest BCUT2D eigenvalue weighted by Gasteiger charge is -2.17. The second-order valence-electron chi connectivity index (χ2n) is 5.93. The molecule has 1 atom stereocenters. The van der Waals surface area contributed by atoms with Gasteiger partial charge in [-0.15, -0.1) is 0 Å². The van der Waals surface area contributed by atoms with Gasteiger partial charge in [0.05, 0.1) is 18.7 Å². The zero-order valence-electron chi connectivity index (χ0n) is 14.5. The number of nitrogens with one attached hydrogen (secondary N) is 1. The number of hydrogen-bond donors (Lipinski definition) is 3. The Morgan fingerprint density at radius 2 is 1.93 bits per heavy atom. The fourth-order valence-corrected chi connectivity index (χ4v) is 2.87. The van der Waals surface area contributed by atoms with Crippen LogP contribution in [0.25, 0.3) is 0 Å². The molecule has 1 heterocycles. The van der Waals surface area contributed by atoms with Gasteiger partial charge in [-0.2, -0.15) is 0 Å². The first-order chi connectivity index (χ1) is 12.9. The van der Waals surface area contributed by atoms with E-state index in [2.05, 4.69) is 5.32 Å². The van der Waals surface area contributed by atoms with Gasteiger partial charge in [0.1, 0.15) is 23.1 Å². The highest BCUT2D eigenvalue weighted by atomic mass is 16.5. The minimum absolute atomic E-state index is 0.0602. The number of carboxylic acids is 1. The van der Waals surface area contributed by atoms with Crippen LogP contribution in [0.5, 0.6) is 11.5 Å². The van der Waals surface area contributed by atoms with Crippen LogP contribution in [-0.4, -0.2) is 40.6 Å².